The van der Waals surface area contributed by atoms with Crippen LogP contribution in [-0.2, 0) is 0 Å². The maximum absolute atomic E-state index is 9.01. The van der Waals surface area contributed by atoms with E-state index in [2.05, 4.69) is 4.98 Å². The van der Waals surface area contributed by atoms with Crippen molar-refractivity contribution in [2.45, 2.75) is 13.0 Å². The maximum Gasteiger partial charge on any atom is 0.177 e. The van der Waals surface area contributed by atoms with Gasteiger partial charge in [0.2, 0.25) is 0 Å². The number of nitrogens with zero attached hydrogens (tertiary/aromatic N) is 1. The van der Waals surface area contributed by atoms with E-state index in [0.717, 1.165) is 9.78 Å². The Bertz CT molecular complexity index is 199. The smallest absolute Gasteiger partial charge is 0.177 e. The van der Waals surface area contributed by atoms with Gasteiger partial charge < -0.3 is 5.11 Å². The largest absolute Gasteiger partial charge is 0.388 e. The third kappa shape index (κ3) is 1.53. The molecule has 48 valence electrons. The average Bonchev–Trinajstić information content (AvgIpc) is 2.14. The summed E-state index contributed by atoms with van der Waals surface area (Å²) in [4.78, 5) is 5.94. The summed E-state index contributed by atoms with van der Waals surface area (Å²) in [6, 6.07) is 0. The molecule has 0 aromatic carbocycles. The summed E-state index contributed by atoms with van der Waals surface area (Å²) in [5.74, 6) is 0. The van der Waals surface area contributed by atoms with E-state index in [1.54, 1.807) is 13.1 Å². The van der Waals surface area contributed by atoms with Crippen LogP contribution in [0.15, 0.2) is 6.20 Å². The van der Waals surface area contributed by atoms with E-state index in [-0.39, 0.29) is 6.10 Å². The minimum absolute atomic E-state index is 0.365. The van der Waals surface area contributed by atoms with Gasteiger partial charge >= 0.3 is 0 Å². The van der Waals surface area contributed by atoms with Gasteiger partial charge in [0.1, 0.15) is 0 Å². The van der Waals surface area contributed by atoms with Crippen molar-refractivity contribution in [3.63, 3.8) is 0 Å². The zero-order chi connectivity index (χ0) is 6.85. The number of rotatable bonds is 1. The molecule has 0 spiro atoms. The maximum atomic E-state index is 9.01. The molecule has 9 heavy (non-hydrogen) atoms. The zero-order valence-electron chi connectivity index (χ0n) is 5.46. The van der Waals surface area contributed by atoms with Crippen molar-refractivity contribution in [1.82, 2.24) is 4.98 Å². The van der Waals surface area contributed by atoms with Crippen molar-refractivity contribution in [2.24, 2.45) is 0 Å². The predicted molar refractivity (Wildman–Crippen MR) is 40.9 cm³/mol. The quantitative estimate of drug-likeness (QED) is 0.532. The molecule has 1 N–H and O–H groups in total. The van der Waals surface area contributed by atoms with E-state index < -0.39 is 0 Å². The number of aliphatic hydroxyl groups excluding tert-OH is 1. The molecule has 4 heteroatoms. The van der Waals surface area contributed by atoms with Gasteiger partial charge in [0.15, 0.2) is 7.85 Å². The molecule has 0 aliphatic heterocycles. The highest BCUT2D eigenvalue weighted by atomic mass is 32.1. The molecule has 0 saturated carbocycles. The molecule has 0 aliphatic rings. The summed E-state index contributed by atoms with van der Waals surface area (Å²) in [5.41, 5.74) is 0. The molecule has 1 heterocycles. The first-order valence-corrected chi connectivity index (χ1v) is 3.62. The van der Waals surface area contributed by atoms with Gasteiger partial charge in [-0.05, 0) is 6.92 Å². The normalized spacial score (nSPS) is 13.6. The molecule has 0 saturated heterocycles. The fraction of sp³-hybridized carbons (Fsp3) is 0.400. The van der Waals surface area contributed by atoms with Gasteiger partial charge in [-0.2, -0.15) is 0 Å². The molecule has 0 radical (unpaired) electrons. The lowest BCUT2D eigenvalue weighted by Gasteiger charge is -1.94. The van der Waals surface area contributed by atoms with E-state index >= 15 is 0 Å². The number of aliphatic hydroxyl groups is 1. The predicted octanol–water partition coefficient (Wildman–Crippen LogP) is -0.545. The second-order valence-corrected chi connectivity index (χ2v) is 3.22. The van der Waals surface area contributed by atoms with Crippen LogP contribution in [0.25, 0.3) is 0 Å². The first-order chi connectivity index (χ1) is 4.20. The topological polar surface area (TPSA) is 33.1 Å². The van der Waals surface area contributed by atoms with Crippen molar-refractivity contribution in [2.75, 3.05) is 0 Å². The summed E-state index contributed by atoms with van der Waals surface area (Å²) in [6.07, 6.45) is 1.35. The molecule has 1 aromatic heterocycles. The second-order valence-electron chi connectivity index (χ2n) is 1.96. The Morgan fingerprint density at radius 3 is 2.78 bits per heavy atom. The zero-order valence-corrected chi connectivity index (χ0v) is 6.27. The van der Waals surface area contributed by atoms with E-state index in [1.165, 1.54) is 11.3 Å². The minimum Gasteiger partial charge on any atom is -0.388 e. The van der Waals surface area contributed by atoms with E-state index in [9.17, 15) is 0 Å². The van der Waals surface area contributed by atoms with E-state index in [1.807, 2.05) is 7.85 Å². The highest BCUT2D eigenvalue weighted by molar-refractivity contribution is 7.19. The van der Waals surface area contributed by atoms with Crippen LogP contribution in [0.4, 0.5) is 0 Å². The molecule has 2 nitrogen and oxygen atoms in total. The third-order valence-corrected chi connectivity index (χ3v) is 2.13. The molecule has 1 unspecified atom stereocenters. The van der Waals surface area contributed by atoms with Gasteiger partial charge in [0.25, 0.3) is 0 Å². The molecule has 1 rings (SSSR count). The van der Waals surface area contributed by atoms with Crippen LogP contribution in [-0.4, -0.2) is 17.9 Å². The van der Waals surface area contributed by atoms with Crippen LogP contribution in [0.1, 0.15) is 17.9 Å². The van der Waals surface area contributed by atoms with Gasteiger partial charge in [-0.15, -0.1) is 11.3 Å². The van der Waals surface area contributed by atoms with Gasteiger partial charge in [-0.1, -0.05) is 0 Å². The summed E-state index contributed by atoms with van der Waals surface area (Å²) in [5, 5.41) is 9.01. The van der Waals surface area contributed by atoms with E-state index in [4.69, 9.17) is 5.11 Å². The van der Waals surface area contributed by atoms with Crippen molar-refractivity contribution in [1.29, 1.82) is 0 Å². The summed E-state index contributed by atoms with van der Waals surface area (Å²) in [7, 11) is 1.93. The Balaban J connectivity index is 2.85. The Morgan fingerprint density at radius 1 is 1.89 bits per heavy atom. The molecule has 1 aromatic rings. The first kappa shape index (κ1) is 6.77. The van der Waals surface area contributed by atoms with Gasteiger partial charge in [0, 0.05) is 11.1 Å². The second kappa shape index (κ2) is 2.50. The number of thiazole rings is 1. The lowest BCUT2D eigenvalue weighted by atomic mass is 10.2. The van der Waals surface area contributed by atoms with Gasteiger partial charge in [-0.25, -0.2) is 0 Å². The Hall–Kier alpha value is -0.345. The summed E-state index contributed by atoms with van der Waals surface area (Å²) in [6.45, 7) is 1.74. The third-order valence-electron chi connectivity index (χ3n) is 1.05. The molecule has 0 aliphatic carbocycles. The standard InChI is InChI=1S/C5H8BNOS/c1-3(8)4-2-7-5(6)9-4/h2-3,8H,6H2,1H3. The van der Waals surface area contributed by atoms with Crippen LogP contribution in [0.5, 0.6) is 0 Å². The molecular weight excluding hydrogens is 133 g/mol. The molecule has 0 amide bonds. The van der Waals surface area contributed by atoms with E-state index in [0.29, 0.717) is 0 Å². The van der Waals surface area contributed by atoms with Crippen LogP contribution in [0.3, 0.4) is 0 Å². The van der Waals surface area contributed by atoms with Crippen LogP contribution in [0.2, 0.25) is 0 Å². The minimum atomic E-state index is -0.365. The van der Waals surface area contributed by atoms with Crippen molar-refractivity contribution >= 4 is 24.1 Å². The SMILES string of the molecule is Bc1ncc(C(C)O)s1. The van der Waals surface area contributed by atoms with Gasteiger partial charge in [-0.3, -0.25) is 4.98 Å². The number of aromatic nitrogens is 1. The average molecular weight is 141 g/mol. The monoisotopic (exact) mass is 141 g/mol. The lowest BCUT2D eigenvalue weighted by Crippen LogP contribution is -1.95. The Labute approximate surface area is 59.0 Å². The molecule has 0 bridgehead atoms. The van der Waals surface area contributed by atoms with Crippen LogP contribution < -0.4 is 4.91 Å². The lowest BCUT2D eigenvalue weighted by molar-refractivity contribution is 0.203. The highest BCUT2D eigenvalue weighted by Gasteiger charge is 2.02. The first-order valence-electron chi connectivity index (χ1n) is 2.80. The Kier molecular flexibility index (Phi) is 1.88. The van der Waals surface area contributed by atoms with Crippen molar-refractivity contribution in [3.05, 3.63) is 11.1 Å². The molecular formula is C5H8BNOS. The Morgan fingerprint density at radius 2 is 2.56 bits per heavy atom. The number of hydrogen-bond donors (Lipinski definition) is 1. The molecule has 1 atom stereocenters. The van der Waals surface area contributed by atoms with Crippen molar-refractivity contribution in [3.8, 4) is 0 Å². The molecule has 0 fully saturated rings. The summed E-state index contributed by atoms with van der Waals surface area (Å²) < 4.78 is 0. The number of hydrogen-bond acceptors (Lipinski definition) is 3. The van der Waals surface area contributed by atoms with Crippen LogP contribution in [0, 0.1) is 0 Å². The fourth-order valence-corrected chi connectivity index (χ4v) is 1.29. The summed E-state index contributed by atoms with van der Waals surface area (Å²) >= 11 is 1.53. The van der Waals surface area contributed by atoms with Crippen molar-refractivity contribution < 1.29 is 5.11 Å². The van der Waals surface area contributed by atoms with Gasteiger partial charge in [0.05, 0.1) is 11.0 Å². The fourth-order valence-electron chi connectivity index (χ4n) is 0.571. The highest BCUT2D eigenvalue weighted by Crippen LogP contribution is 2.13. The van der Waals surface area contributed by atoms with Crippen LogP contribution >= 0.6 is 11.3 Å².